The molecule has 0 spiro atoms. The summed E-state index contributed by atoms with van der Waals surface area (Å²) in [6, 6.07) is 0. The van der Waals surface area contributed by atoms with Gasteiger partial charge >= 0.3 is 0 Å². The van der Waals surface area contributed by atoms with Crippen LogP contribution in [0.25, 0.3) is 0 Å². The van der Waals surface area contributed by atoms with Gasteiger partial charge in [0, 0.05) is 0 Å². The molecule has 2 nitrogen and oxygen atoms in total. The molecular weight excluding hydrogens is 964 g/mol. The molecule has 0 amide bonds. The van der Waals surface area contributed by atoms with E-state index in [2.05, 4.69) is 55.9 Å². The van der Waals surface area contributed by atoms with E-state index < -0.39 is 0 Å². The van der Waals surface area contributed by atoms with Crippen LogP contribution in [0.4, 0.5) is 0 Å². The second-order valence-corrected chi connectivity index (χ2v) is 26.6. The summed E-state index contributed by atoms with van der Waals surface area (Å²) in [4.78, 5) is 0. The molecule has 0 radical (unpaired) electrons. The molecule has 0 atom stereocenters. The van der Waals surface area contributed by atoms with Gasteiger partial charge in [-0.15, -0.1) is 0 Å². The van der Waals surface area contributed by atoms with Gasteiger partial charge in [-0.05, 0) is 51.4 Å². The van der Waals surface area contributed by atoms with Crippen molar-refractivity contribution in [3.8, 4) is 0 Å². The first-order valence-electron chi connectivity index (χ1n) is 35.9. The fraction of sp³-hybridized carbons (Fsp3) is 1.00. The number of halogens is 2. The summed E-state index contributed by atoms with van der Waals surface area (Å²) < 4.78 is 2.49. The summed E-state index contributed by atoms with van der Waals surface area (Å²) in [6.07, 6.45) is 87.9. The van der Waals surface area contributed by atoms with Crippen LogP contribution in [0.1, 0.15) is 413 Å². The standard InChI is InChI=1S/2C36H76N.2ClH/c2*1-5-7-9-11-13-15-17-19-21-22-24-26-28-30-32-34-36-37(3,4)35-33-31-29-27-25-23-20-18-16-14-12-10-8-6-2;;/h2*5-36H2,1-4H3;2*1H/q2*+1;;/p-2. The van der Waals surface area contributed by atoms with Gasteiger partial charge in [0.2, 0.25) is 0 Å². The van der Waals surface area contributed by atoms with Crippen molar-refractivity contribution >= 4 is 0 Å². The maximum atomic E-state index is 2.47. The lowest BCUT2D eigenvalue weighted by Gasteiger charge is -2.30. The van der Waals surface area contributed by atoms with Crippen LogP contribution in [0.2, 0.25) is 0 Å². The van der Waals surface area contributed by atoms with Gasteiger partial charge in [-0.2, -0.15) is 0 Å². The highest BCUT2D eigenvalue weighted by atomic mass is 35.5. The number of hydrogen-bond donors (Lipinski definition) is 0. The van der Waals surface area contributed by atoms with E-state index in [1.54, 1.807) is 0 Å². The molecule has 0 heterocycles. The van der Waals surface area contributed by atoms with Gasteiger partial charge in [0.05, 0.1) is 54.4 Å². The first-order chi connectivity index (χ1) is 36.2. The molecule has 464 valence electrons. The Hall–Kier alpha value is 0.500. The van der Waals surface area contributed by atoms with Crippen molar-refractivity contribution in [1.82, 2.24) is 0 Å². The van der Waals surface area contributed by atoms with Gasteiger partial charge in [-0.1, -0.05) is 362 Å². The zero-order chi connectivity index (χ0) is 54.3. The Bertz CT molecular complexity index is 892. The minimum Gasteiger partial charge on any atom is -1.00 e. The molecule has 0 aromatic carbocycles. The van der Waals surface area contributed by atoms with E-state index in [1.165, 1.54) is 420 Å². The Morgan fingerprint density at radius 3 is 0.303 bits per heavy atom. The first kappa shape index (κ1) is 83.0. The highest BCUT2D eigenvalue weighted by Crippen LogP contribution is 2.19. The van der Waals surface area contributed by atoms with Crippen molar-refractivity contribution < 1.29 is 33.8 Å². The van der Waals surface area contributed by atoms with Crippen molar-refractivity contribution in [3.63, 3.8) is 0 Å². The zero-order valence-corrected chi connectivity index (χ0v) is 56.4. The summed E-state index contributed by atoms with van der Waals surface area (Å²) in [6.45, 7) is 14.8. The van der Waals surface area contributed by atoms with Crippen LogP contribution in [0.15, 0.2) is 0 Å². The van der Waals surface area contributed by atoms with E-state index in [9.17, 15) is 0 Å². The lowest BCUT2D eigenvalue weighted by atomic mass is 10.0. The van der Waals surface area contributed by atoms with Gasteiger partial charge < -0.3 is 33.8 Å². The number of nitrogens with zero attached hydrogens (tertiary/aromatic N) is 2. The molecule has 4 heteroatoms. The molecule has 0 aliphatic carbocycles. The Balaban J connectivity index is -0.000000665. The second kappa shape index (κ2) is 71.6. The third kappa shape index (κ3) is 76.6. The molecule has 0 N–H and O–H groups in total. The average Bonchev–Trinajstić information content (AvgIpc) is 3.38. The highest BCUT2D eigenvalue weighted by molar-refractivity contribution is 4.55. The van der Waals surface area contributed by atoms with Crippen molar-refractivity contribution in [2.75, 3.05) is 54.4 Å². The predicted octanol–water partition coefficient (Wildman–Crippen LogP) is 19.6. The number of hydrogen-bond acceptors (Lipinski definition) is 0. The molecule has 0 aliphatic heterocycles. The first-order valence-corrected chi connectivity index (χ1v) is 35.9. The maximum Gasteiger partial charge on any atom is 0.0782 e. The molecule has 0 saturated carbocycles. The molecule has 0 aromatic heterocycles. The SMILES string of the molecule is CCCCCCCCCCCCCCCCCC[N+](C)(C)CCCCCCCCCCCCCCCC.CCCCCCCCCCCCCCCCCC[N+](C)(C)CCCCCCCCCCCCCCCC.[Cl-].[Cl-]. The summed E-state index contributed by atoms with van der Waals surface area (Å²) in [7, 11) is 9.86. The van der Waals surface area contributed by atoms with E-state index in [4.69, 9.17) is 0 Å². The highest BCUT2D eigenvalue weighted by Gasteiger charge is 2.15. The Labute approximate surface area is 498 Å². The second-order valence-electron chi connectivity index (χ2n) is 26.6. The van der Waals surface area contributed by atoms with E-state index in [1.807, 2.05) is 0 Å². The average molecular weight is 1120 g/mol. The summed E-state index contributed by atoms with van der Waals surface area (Å²) in [5, 5.41) is 0. The predicted molar refractivity (Wildman–Crippen MR) is 343 cm³/mol. The maximum absolute atomic E-state index is 2.47. The smallest absolute Gasteiger partial charge is 0.0782 e. The van der Waals surface area contributed by atoms with Crippen molar-refractivity contribution in [2.24, 2.45) is 0 Å². The normalized spacial score (nSPS) is 11.7. The molecule has 0 saturated heterocycles. The third-order valence-electron chi connectivity index (χ3n) is 17.5. The Morgan fingerprint density at radius 1 is 0.132 bits per heavy atom. The van der Waals surface area contributed by atoms with Crippen LogP contribution >= 0.6 is 0 Å². The fourth-order valence-corrected chi connectivity index (χ4v) is 11.9. The number of unbranched alkanes of at least 4 members (excludes halogenated alkanes) is 56. The molecule has 76 heavy (non-hydrogen) atoms. The molecule has 0 bridgehead atoms. The minimum absolute atomic E-state index is 0. The summed E-state index contributed by atoms with van der Waals surface area (Å²) in [5.74, 6) is 0. The van der Waals surface area contributed by atoms with Gasteiger partial charge in [0.15, 0.2) is 0 Å². The van der Waals surface area contributed by atoms with E-state index in [0.717, 1.165) is 0 Å². The lowest BCUT2D eigenvalue weighted by molar-refractivity contribution is -0.890. The Kier molecular flexibility index (Phi) is 78.2. The van der Waals surface area contributed by atoms with Gasteiger partial charge in [-0.3, -0.25) is 0 Å². The molecule has 0 unspecified atom stereocenters. The van der Waals surface area contributed by atoms with Crippen LogP contribution in [-0.4, -0.2) is 63.3 Å². The van der Waals surface area contributed by atoms with Crippen molar-refractivity contribution in [2.45, 2.75) is 413 Å². The van der Waals surface area contributed by atoms with Crippen LogP contribution in [0.3, 0.4) is 0 Å². The molecule has 0 aliphatic rings. The quantitative estimate of drug-likeness (QED) is 0.0421. The van der Waals surface area contributed by atoms with Gasteiger partial charge in [-0.25, -0.2) is 0 Å². The Morgan fingerprint density at radius 2 is 0.211 bits per heavy atom. The van der Waals surface area contributed by atoms with E-state index >= 15 is 0 Å². The molecule has 0 rings (SSSR count). The van der Waals surface area contributed by atoms with Crippen molar-refractivity contribution in [3.05, 3.63) is 0 Å². The summed E-state index contributed by atoms with van der Waals surface area (Å²) in [5.41, 5.74) is 0. The van der Waals surface area contributed by atoms with Crippen LogP contribution in [0, 0.1) is 0 Å². The van der Waals surface area contributed by atoms with Crippen molar-refractivity contribution in [1.29, 1.82) is 0 Å². The minimum atomic E-state index is 0. The molecular formula is C72H152Cl2N2. The molecule has 0 fully saturated rings. The van der Waals surface area contributed by atoms with E-state index in [0.29, 0.717) is 0 Å². The summed E-state index contributed by atoms with van der Waals surface area (Å²) >= 11 is 0. The lowest BCUT2D eigenvalue weighted by Crippen LogP contribution is -3.00. The zero-order valence-electron chi connectivity index (χ0n) is 54.9. The molecule has 0 aromatic rings. The van der Waals surface area contributed by atoms with Gasteiger partial charge in [0.1, 0.15) is 0 Å². The fourth-order valence-electron chi connectivity index (χ4n) is 11.9. The third-order valence-corrected chi connectivity index (χ3v) is 17.5. The van der Waals surface area contributed by atoms with Gasteiger partial charge in [0.25, 0.3) is 0 Å². The van der Waals surface area contributed by atoms with Crippen LogP contribution in [0.5, 0.6) is 0 Å². The van der Waals surface area contributed by atoms with E-state index in [-0.39, 0.29) is 24.8 Å². The van der Waals surface area contributed by atoms with Crippen LogP contribution in [-0.2, 0) is 0 Å². The monoisotopic (exact) mass is 1120 g/mol. The number of rotatable bonds is 64. The number of quaternary nitrogens is 2. The van der Waals surface area contributed by atoms with Crippen LogP contribution < -0.4 is 24.8 Å². The topological polar surface area (TPSA) is 0 Å². The largest absolute Gasteiger partial charge is 1.00 e.